The summed E-state index contributed by atoms with van der Waals surface area (Å²) in [4.78, 5) is 7.95. The van der Waals surface area contributed by atoms with Gasteiger partial charge in [-0.1, -0.05) is 78.9 Å². The van der Waals surface area contributed by atoms with Crippen LogP contribution in [-0.2, 0) is 25.7 Å². The Morgan fingerprint density at radius 2 is 1.15 bits per heavy atom. The van der Waals surface area contributed by atoms with E-state index >= 15 is 0 Å². The maximum absolute atomic E-state index is 8.23. The molecule has 0 saturated carbocycles. The molecule has 184 valence electrons. The van der Waals surface area contributed by atoms with E-state index in [1.807, 2.05) is 0 Å². The fourth-order valence-electron chi connectivity index (χ4n) is 7.96. The van der Waals surface area contributed by atoms with Crippen LogP contribution in [0.2, 0.25) is 0 Å². The lowest BCUT2D eigenvalue weighted by Gasteiger charge is -2.43. The zero-order valence-electron chi connectivity index (χ0n) is 21.6. The highest BCUT2D eigenvalue weighted by Gasteiger charge is 2.43. The fourth-order valence-corrected chi connectivity index (χ4v) is 7.96. The number of nitrogens with one attached hydrogen (secondary N) is 1. The number of aromatic nitrogens is 1. The van der Waals surface area contributed by atoms with Crippen molar-refractivity contribution in [2.24, 2.45) is 0 Å². The number of fused-ring (bicyclic) bond motifs is 8. The number of rotatable bonds is 0. The van der Waals surface area contributed by atoms with Crippen LogP contribution in [0.1, 0.15) is 67.5 Å². The summed E-state index contributed by atoms with van der Waals surface area (Å²) in [5.74, 6) is 0.246. The first kappa shape index (κ1) is 21.3. The number of H-pyrrole nitrogens is 1. The average molecular weight is 499 g/mol. The molecule has 0 unspecified atom stereocenters. The molecular formula is C37H26N2. The Hall–Kier alpha value is -4.61. The van der Waals surface area contributed by atoms with E-state index in [0.717, 1.165) is 36.9 Å². The fraction of sp³-hybridized carbons (Fsp3) is 0.162. The van der Waals surface area contributed by atoms with E-state index in [1.165, 1.54) is 71.9 Å². The molecule has 0 saturated heterocycles. The third kappa shape index (κ3) is 2.85. The van der Waals surface area contributed by atoms with Crippen molar-refractivity contribution in [2.45, 2.75) is 37.5 Å². The van der Waals surface area contributed by atoms with Gasteiger partial charge in [0, 0.05) is 33.6 Å². The van der Waals surface area contributed by atoms with Crippen LogP contribution in [0, 0.1) is 6.57 Å². The molecule has 4 aliphatic carbocycles. The van der Waals surface area contributed by atoms with Crippen molar-refractivity contribution in [3.05, 3.63) is 158 Å². The molecule has 5 aromatic carbocycles. The van der Waals surface area contributed by atoms with Crippen molar-refractivity contribution in [2.75, 3.05) is 0 Å². The minimum Gasteiger partial charge on any atom is -0.356 e. The van der Waals surface area contributed by atoms with Gasteiger partial charge in [0.15, 0.2) is 5.69 Å². The zero-order valence-corrected chi connectivity index (χ0v) is 21.6. The summed E-state index contributed by atoms with van der Waals surface area (Å²) in [5, 5.41) is 2.69. The number of aryl methyl sites for hydroxylation is 4. The molecule has 10 rings (SSSR count). The van der Waals surface area contributed by atoms with Crippen molar-refractivity contribution >= 4 is 27.5 Å². The van der Waals surface area contributed by atoms with Crippen molar-refractivity contribution in [1.82, 2.24) is 4.98 Å². The van der Waals surface area contributed by atoms with Crippen LogP contribution < -0.4 is 0 Å². The SMILES string of the molecule is [C-]#[N+]c1cc2[nH]c3cc4cc(c3c2c2c1C1c3ccccc3C2c2ccccc21)CCc1cccc(c1)CC4. The average Bonchev–Trinajstić information content (AvgIpc) is 3.36. The smallest absolute Gasteiger partial charge is 0.193 e. The van der Waals surface area contributed by atoms with Gasteiger partial charge in [-0.2, -0.15) is 0 Å². The number of hydrogen-bond donors (Lipinski definition) is 1. The van der Waals surface area contributed by atoms with Gasteiger partial charge in [-0.25, -0.2) is 4.85 Å². The van der Waals surface area contributed by atoms with E-state index < -0.39 is 0 Å². The molecule has 0 atom stereocenters. The Morgan fingerprint density at radius 1 is 0.564 bits per heavy atom. The van der Waals surface area contributed by atoms with Gasteiger partial charge in [-0.15, -0.1) is 0 Å². The van der Waals surface area contributed by atoms with Gasteiger partial charge in [0.1, 0.15) is 0 Å². The minimum atomic E-state index is 0.104. The van der Waals surface area contributed by atoms with E-state index in [-0.39, 0.29) is 11.8 Å². The van der Waals surface area contributed by atoms with E-state index in [4.69, 9.17) is 6.57 Å². The molecule has 1 N–H and O–H groups in total. The highest BCUT2D eigenvalue weighted by atomic mass is 14.7. The zero-order chi connectivity index (χ0) is 25.7. The molecule has 2 nitrogen and oxygen atoms in total. The normalized spacial score (nSPS) is 18.3. The van der Waals surface area contributed by atoms with Crippen molar-refractivity contribution in [1.29, 1.82) is 0 Å². The lowest BCUT2D eigenvalue weighted by molar-refractivity contribution is 0.764. The molecule has 4 aliphatic rings. The van der Waals surface area contributed by atoms with Crippen LogP contribution >= 0.6 is 0 Å². The summed E-state index contributed by atoms with van der Waals surface area (Å²) in [6.07, 6.45) is 4.16. The predicted molar refractivity (Wildman–Crippen MR) is 158 cm³/mol. The molecule has 0 aliphatic heterocycles. The van der Waals surface area contributed by atoms with Crippen LogP contribution in [0.15, 0.2) is 91.0 Å². The van der Waals surface area contributed by atoms with Gasteiger partial charge in [0.25, 0.3) is 0 Å². The molecule has 2 heteroatoms. The maximum atomic E-state index is 8.23. The summed E-state index contributed by atoms with van der Waals surface area (Å²) in [5.41, 5.74) is 16.9. The lowest BCUT2D eigenvalue weighted by Crippen LogP contribution is -2.27. The van der Waals surface area contributed by atoms with E-state index in [9.17, 15) is 0 Å². The van der Waals surface area contributed by atoms with Crippen molar-refractivity contribution in [3.63, 3.8) is 0 Å². The van der Waals surface area contributed by atoms with E-state index in [2.05, 4.69) is 101 Å². The van der Waals surface area contributed by atoms with Gasteiger partial charge >= 0.3 is 0 Å². The Bertz CT molecular complexity index is 2000. The second-order valence-corrected chi connectivity index (χ2v) is 11.5. The maximum Gasteiger partial charge on any atom is 0.193 e. The molecule has 39 heavy (non-hydrogen) atoms. The topological polar surface area (TPSA) is 20.1 Å². The standard InChI is InChI=1S/C37H26N2/c1-38-29-20-31-36(32-24-16-15-22-8-6-7-21(17-22)13-14-23(18-24)19-30(32)39-31)37-34-27-11-4-2-9-25(27)33(35(29)37)26-10-3-5-12-28(26)34/h2-12,17-20,33-34,39H,13-16H2. The molecule has 1 heterocycles. The Morgan fingerprint density at radius 3 is 1.82 bits per heavy atom. The van der Waals surface area contributed by atoms with Crippen molar-refractivity contribution < 1.29 is 0 Å². The summed E-state index contributed by atoms with van der Waals surface area (Å²) in [6.45, 7) is 8.23. The van der Waals surface area contributed by atoms with Gasteiger partial charge in [-0.3, -0.25) is 0 Å². The summed E-state index contributed by atoms with van der Waals surface area (Å²) >= 11 is 0. The summed E-state index contributed by atoms with van der Waals surface area (Å²) in [7, 11) is 0. The van der Waals surface area contributed by atoms with Crippen LogP contribution in [0.25, 0.3) is 26.7 Å². The number of aromatic amines is 1. The van der Waals surface area contributed by atoms with Crippen molar-refractivity contribution in [3.8, 4) is 0 Å². The Kier molecular flexibility index (Phi) is 4.22. The van der Waals surface area contributed by atoms with E-state index in [1.54, 1.807) is 0 Å². The van der Waals surface area contributed by atoms with Crippen LogP contribution in [-0.4, -0.2) is 4.98 Å². The molecule has 0 fully saturated rings. The molecule has 0 spiro atoms. The first-order valence-electron chi connectivity index (χ1n) is 14.1. The molecule has 0 amide bonds. The summed E-state index contributed by atoms with van der Waals surface area (Å²) in [6, 6.07) is 34.0. The highest BCUT2D eigenvalue weighted by molar-refractivity contribution is 6.13. The Labute approximate surface area is 227 Å². The lowest BCUT2D eigenvalue weighted by atomic mass is 9.60. The molecule has 6 bridgehead atoms. The molecule has 6 aromatic rings. The second kappa shape index (κ2) is 7.71. The van der Waals surface area contributed by atoms with Gasteiger partial charge < -0.3 is 4.98 Å². The highest BCUT2D eigenvalue weighted by Crippen LogP contribution is 2.60. The van der Waals surface area contributed by atoms with Gasteiger partial charge in [0.2, 0.25) is 0 Å². The van der Waals surface area contributed by atoms with Gasteiger partial charge in [0.05, 0.1) is 6.57 Å². The number of benzene rings is 5. The second-order valence-electron chi connectivity index (χ2n) is 11.5. The number of nitrogens with zero attached hydrogens (tertiary/aromatic N) is 1. The van der Waals surface area contributed by atoms with E-state index in [0.29, 0.717) is 0 Å². The molecule has 0 radical (unpaired) electrons. The third-order valence-electron chi connectivity index (χ3n) is 9.50. The first-order valence-corrected chi connectivity index (χ1v) is 14.1. The molecular weight excluding hydrogens is 472 g/mol. The first-order chi connectivity index (χ1) is 19.3. The minimum absolute atomic E-state index is 0.104. The van der Waals surface area contributed by atoms with Crippen LogP contribution in [0.3, 0.4) is 0 Å². The van der Waals surface area contributed by atoms with Crippen LogP contribution in [0.5, 0.6) is 0 Å². The molecule has 1 aromatic heterocycles. The van der Waals surface area contributed by atoms with Gasteiger partial charge in [-0.05, 0) is 93.5 Å². The third-order valence-corrected chi connectivity index (χ3v) is 9.50. The summed E-state index contributed by atoms with van der Waals surface area (Å²) < 4.78 is 0. The predicted octanol–water partition coefficient (Wildman–Crippen LogP) is 8.74. The monoisotopic (exact) mass is 498 g/mol. The largest absolute Gasteiger partial charge is 0.356 e. The van der Waals surface area contributed by atoms with Crippen LogP contribution in [0.4, 0.5) is 5.69 Å². The number of hydrogen-bond acceptors (Lipinski definition) is 0. The Balaban J connectivity index is 1.38. The quantitative estimate of drug-likeness (QED) is 0.202.